The van der Waals surface area contributed by atoms with Crippen molar-refractivity contribution >= 4 is 0 Å². The summed E-state index contributed by atoms with van der Waals surface area (Å²) in [4.78, 5) is 0. The van der Waals surface area contributed by atoms with Gasteiger partial charge in [-0.05, 0) is 5.92 Å². The number of hydrogen-bond donors (Lipinski definition) is 0. The van der Waals surface area contributed by atoms with Crippen molar-refractivity contribution in [3.8, 4) is 0 Å². The van der Waals surface area contributed by atoms with Gasteiger partial charge in [0.2, 0.25) is 6.43 Å². The van der Waals surface area contributed by atoms with Crippen LogP contribution in [0, 0.1) is 5.92 Å². The van der Waals surface area contributed by atoms with Gasteiger partial charge in [-0.15, -0.1) is 0 Å². The zero-order valence-corrected chi connectivity index (χ0v) is 7.32. The molecule has 0 saturated heterocycles. The van der Waals surface area contributed by atoms with Gasteiger partial charge in [0.15, 0.2) is 0 Å². The van der Waals surface area contributed by atoms with E-state index in [0.29, 0.717) is 0 Å². The third kappa shape index (κ3) is 10.8. The van der Waals surface area contributed by atoms with Crippen LogP contribution in [0.5, 0.6) is 0 Å². The Labute approximate surface area is 62.6 Å². The van der Waals surface area contributed by atoms with Crippen molar-refractivity contribution < 1.29 is 8.78 Å². The summed E-state index contributed by atoms with van der Waals surface area (Å²) < 4.78 is 22.9. The lowest BCUT2D eigenvalue weighted by molar-refractivity contribution is 0.117. The predicted molar refractivity (Wildman–Crippen MR) is 41.4 cm³/mol. The Morgan fingerprint density at radius 1 is 1.20 bits per heavy atom. The third-order valence-electron chi connectivity index (χ3n) is 1.28. The van der Waals surface area contributed by atoms with Gasteiger partial charge >= 0.3 is 0 Å². The van der Waals surface area contributed by atoms with Gasteiger partial charge in [0.05, 0.1) is 0 Å². The SMILES string of the molecule is CC.CCC(C)CC(F)F. The smallest absolute Gasteiger partial charge is 0.211 e. The van der Waals surface area contributed by atoms with Gasteiger partial charge < -0.3 is 0 Å². The monoisotopic (exact) mass is 152 g/mol. The first-order valence-corrected chi connectivity index (χ1v) is 3.95. The highest BCUT2D eigenvalue weighted by Gasteiger charge is 2.06. The fourth-order valence-electron chi connectivity index (χ4n) is 0.471. The molecule has 0 aromatic carbocycles. The minimum Gasteiger partial charge on any atom is -0.211 e. The number of alkyl halides is 2. The zero-order chi connectivity index (χ0) is 8.57. The lowest BCUT2D eigenvalue weighted by Gasteiger charge is -2.04. The molecule has 0 aromatic rings. The summed E-state index contributed by atoms with van der Waals surface area (Å²) in [7, 11) is 0. The number of hydrogen-bond acceptors (Lipinski definition) is 0. The van der Waals surface area contributed by atoms with Crippen molar-refractivity contribution in [2.24, 2.45) is 5.92 Å². The van der Waals surface area contributed by atoms with E-state index in [1.165, 1.54) is 0 Å². The summed E-state index contributed by atoms with van der Waals surface area (Å²) in [6, 6.07) is 0. The average Bonchev–Trinajstić information content (AvgIpc) is 1.91. The summed E-state index contributed by atoms with van der Waals surface area (Å²) in [5.74, 6) is 0.176. The predicted octanol–water partition coefficient (Wildman–Crippen LogP) is 3.71. The van der Waals surface area contributed by atoms with Crippen LogP contribution in [0.4, 0.5) is 8.78 Å². The molecular weight excluding hydrogens is 134 g/mol. The molecule has 1 unspecified atom stereocenters. The third-order valence-corrected chi connectivity index (χ3v) is 1.28. The highest BCUT2D eigenvalue weighted by molar-refractivity contribution is 4.49. The molecule has 10 heavy (non-hydrogen) atoms. The minimum atomic E-state index is -2.12. The van der Waals surface area contributed by atoms with E-state index >= 15 is 0 Å². The normalized spacial score (nSPS) is 12.3. The summed E-state index contributed by atoms with van der Waals surface area (Å²) in [6.45, 7) is 7.76. The first-order chi connectivity index (χ1) is 4.66. The van der Waals surface area contributed by atoms with Gasteiger partial charge in [0.25, 0.3) is 0 Å². The highest BCUT2D eigenvalue weighted by Crippen LogP contribution is 2.12. The van der Waals surface area contributed by atoms with E-state index in [9.17, 15) is 8.78 Å². The Bertz CT molecular complexity index is 53.2. The van der Waals surface area contributed by atoms with Crippen molar-refractivity contribution in [1.82, 2.24) is 0 Å². The molecule has 1 atom stereocenters. The molecule has 0 bridgehead atoms. The average molecular weight is 152 g/mol. The molecule has 0 N–H and O–H groups in total. The van der Waals surface area contributed by atoms with Gasteiger partial charge in [-0.25, -0.2) is 8.78 Å². The lowest BCUT2D eigenvalue weighted by Crippen LogP contribution is -1.99. The van der Waals surface area contributed by atoms with Crippen LogP contribution in [0.3, 0.4) is 0 Å². The van der Waals surface area contributed by atoms with Crippen LogP contribution in [0.2, 0.25) is 0 Å². The Morgan fingerprint density at radius 2 is 1.60 bits per heavy atom. The molecule has 0 aliphatic rings. The summed E-state index contributed by atoms with van der Waals surface area (Å²) in [5.41, 5.74) is 0. The van der Waals surface area contributed by atoms with Crippen LogP contribution in [0.25, 0.3) is 0 Å². The van der Waals surface area contributed by atoms with E-state index in [1.807, 2.05) is 27.7 Å². The second-order valence-corrected chi connectivity index (χ2v) is 2.14. The van der Waals surface area contributed by atoms with E-state index in [-0.39, 0.29) is 12.3 Å². The van der Waals surface area contributed by atoms with E-state index in [1.54, 1.807) is 0 Å². The maximum Gasteiger partial charge on any atom is 0.238 e. The van der Waals surface area contributed by atoms with Crippen LogP contribution >= 0.6 is 0 Å². The van der Waals surface area contributed by atoms with Crippen molar-refractivity contribution in [1.29, 1.82) is 0 Å². The zero-order valence-electron chi connectivity index (χ0n) is 7.32. The Hall–Kier alpha value is -0.140. The standard InChI is InChI=1S/C6H12F2.C2H6/c1-3-5(2)4-6(7)8;1-2/h5-6H,3-4H2,1-2H3;1-2H3. The van der Waals surface area contributed by atoms with Crippen LogP contribution in [-0.4, -0.2) is 6.43 Å². The van der Waals surface area contributed by atoms with Gasteiger partial charge in [-0.2, -0.15) is 0 Å². The van der Waals surface area contributed by atoms with Crippen LogP contribution in [0.1, 0.15) is 40.5 Å². The molecular formula is C8H18F2. The molecule has 0 nitrogen and oxygen atoms in total. The minimum absolute atomic E-state index is 0.0521. The van der Waals surface area contributed by atoms with Gasteiger partial charge in [0, 0.05) is 6.42 Å². The highest BCUT2D eigenvalue weighted by atomic mass is 19.3. The van der Waals surface area contributed by atoms with Gasteiger partial charge in [-0.3, -0.25) is 0 Å². The van der Waals surface area contributed by atoms with Crippen molar-refractivity contribution in [3.63, 3.8) is 0 Å². The largest absolute Gasteiger partial charge is 0.238 e. The van der Waals surface area contributed by atoms with Crippen molar-refractivity contribution in [2.45, 2.75) is 47.0 Å². The molecule has 0 spiro atoms. The van der Waals surface area contributed by atoms with E-state index in [2.05, 4.69) is 0 Å². The second-order valence-electron chi connectivity index (χ2n) is 2.14. The maximum atomic E-state index is 11.5. The molecule has 0 heterocycles. The van der Waals surface area contributed by atoms with Crippen LogP contribution in [0.15, 0.2) is 0 Å². The molecule has 0 aliphatic heterocycles. The molecule has 2 heteroatoms. The summed E-state index contributed by atoms with van der Waals surface area (Å²) in [5, 5.41) is 0. The molecule has 0 rings (SSSR count). The van der Waals surface area contributed by atoms with Gasteiger partial charge in [0.1, 0.15) is 0 Å². The molecule has 0 radical (unpaired) electrons. The van der Waals surface area contributed by atoms with Crippen molar-refractivity contribution in [2.75, 3.05) is 0 Å². The maximum absolute atomic E-state index is 11.5. The molecule has 0 aliphatic carbocycles. The molecule has 0 fully saturated rings. The van der Waals surface area contributed by atoms with Crippen LogP contribution in [-0.2, 0) is 0 Å². The number of rotatable bonds is 3. The fraction of sp³-hybridized carbons (Fsp3) is 1.00. The fourth-order valence-corrected chi connectivity index (χ4v) is 0.471. The van der Waals surface area contributed by atoms with E-state index in [0.717, 1.165) is 6.42 Å². The van der Waals surface area contributed by atoms with E-state index in [4.69, 9.17) is 0 Å². The Morgan fingerprint density at radius 3 is 1.70 bits per heavy atom. The topological polar surface area (TPSA) is 0 Å². The number of halogens is 2. The molecule has 0 aromatic heterocycles. The van der Waals surface area contributed by atoms with E-state index < -0.39 is 6.43 Å². The summed E-state index contributed by atoms with van der Waals surface area (Å²) >= 11 is 0. The van der Waals surface area contributed by atoms with Gasteiger partial charge in [-0.1, -0.05) is 34.1 Å². The van der Waals surface area contributed by atoms with Crippen LogP contribution < -0.4 is 0 Å². The second kappa shape index (κ2) is 8.86. The lowest BCUT2D eigenvalue weighted by atomic mass is 10.1. The summed E-state index contributed by atoms with van der Waals surface area (Å²) in [6.07, 6.45) is -1.22. The molecule has 0 amide bonds. The quantitative estimate of drug-likeness (QED) is 0.578. The first kappa shape index (κ1) is 12.5. The Balaban J connectivity index is 0. The molecule has 0 saturated carbocycles. The first-order valence-electron chi connectivity index (χ1n) is 3.95. The Kier molecular flexibility index (Phi) is 11.1. The van der Waals surface area contributed by atoms with Crippen molar-refractivity contribution in [3.05, 3.63) is 0 Å². The molecule has 64 valence electrons.